The van der Waals surface area contributed by atoms with E-state index in [9.17, 15) is 14.4 Å². The van der Waals surface area contributed by atoms with Gasteiger partial charge in [-0.05, 0) is 25.2 Å². The first-order chi connectivity index (χ1) is 7.96. The molecule has 1 N–H and O–H groups in total. The van der Waals surface area contributed by atoms with Crippen molar-refractivity contribution in [3.63, 3.8) is 0 Å². The van der Waals surface area contributed by atoms with Crippen LogP contribution < -0.4 is 0 Å². The summed E-state index contributed by atoms with van der Waals surface area (Å²) in [7, 11) is 0. The number of hydrogen-bond acceptors (Lipinski definition) is 3. The zero-order chi connectivity index (χ0) is 12.4. The number of aliphatic carboxylic acids is 1. The number of rotatable bonds is 2. The van der Waals surface area contributed by atoms with Crippen molar-refractivity contribution in [1.29, 1.82) is 0 Å². The molecule has 5 heteroatoms. The Bertz CT molecular complexity index is 469. The van der Waals surface area contributed by atoms with Gasteiger partial charge in [-0.1, -0.05) is 12.2 Å². The maximum absolute atomic E-state index is 12.3. The Balaban J connectivity index is 2.00. The molecule has 2 bridgehead atoms. The highest BCUT2D eigenvalue weighted by Crippen LogP contribution is 2.60. The van der Waals surface area contributed by atoms with E-state index >= 15 is 0 Å². The van der Waals surface area contributed by atoms with Crippen LogP contribution in [0.2, 0.25) is 0 Å². The number of likely N-dealkylation sites (tertiary alicyclic amines) is 1. The second-order valence-electron chi connectivity index (χ2n) is 5.27. The van der Waals surface area contributed by atoms with Gasteiger partial charge in [0, 0.05) is 0 Å². The van der Waals surface area contributed by atoms with Gasteiger partial charge in [-0.2, -0.15) is 0 Å². The number of hydrogen-bond donors (Lipinski definition) is 1. The molecule has 0 spiro atoms. The second-order valence-corrected chi connectivity index (χ2v) is 5.27. The predicted octanol–water partition coefficient (Wildman–Crippen LogP) is 0.268. The number of nitrogens with zero attached hydrogens (tertiary/aromatic N) is 1. The summed E-state index contributed by atoms with van der Waals surface area (Å²) in [4.78, 5) is 36.0. The highest BCUT2D eigenvalue weighted by atomic mass is 16.4. The molecule has 2 fully saturated rings. The molecule has 2 aliphatic carbocycles. The molecule has 1 saturated heterocycles. The zero-order valence-corrected chi connectivity index (χ0v) is 9.42. The van der Waals surface area contributed by atoms with Crippen LogP contribution in [-0.4, -0.2) is 34.3 Å². The molecule has 3 rings (SSSR count). The van der Waals surface area contributed by atoms with Crippen LogP contribution >= 0.6 is 0 Å². The Morgan fingerprint density at radius 1 is 1.53 bits per heavy atom. The molecule has 2 amide bonds. The van der Waals surface area contributed by atoms with Gasteiger partial charge < -0.3 is 5.11 Å². The fraction of sp³-hybridized carbons (Fsp3) is 0.583. The molecule has 0 aromatic heterocycles. The van der Waals surface area contributed by atoms with E-state index < -0.39 is 17.9 Å². The van der Waals surface area contributed by atoms with Crippen molar-refractivity contribution in [3.05, 3.63) is 12.2 Å². The summed E-state index contributed by atoms with van der Waals surface area (Å²) >= 11 is 0. The minimum atomic E-state index is -1.14. The lowest BCUT2D eigenvalue weighted by atomic mass is 9.71. The van der Waals surface area contributed by atoms with Crippen LogP contribution in [-0.2, 0) is 14.4 Å². The standard InChI is InChI=1S/C12H13NO4/c1-12-7-3-2-6(4-7)9(12)10(16)13(11(12)17)5-8(14)15/h2-3,6-7,9H,4-5H2,1H3,(H,14,15)/t6-,7-,9+,12+/m1/s1. The van der Waals surface area contributed by atoms with E-state index in [1.165, 1.54) is 0 Å². The lowest BCUT2D eigenvalue weighted by Gasteiger charge is -2.28. The van der Waals surface area contributed by atoms with Gasteiger partial charge in [0.25, 0.3) is 0 Å². The number of carboxylic acids is 1. The van der Waals surface area contributed by atoms with Crippen LogP contribution in [0.4, 0.5) is 0 Å². The predicted molar refractivity (Wildman–Crippen MR) is 56.7 cm³/mol. The Morgan fingerprint density at radius 2 is 2.24 bits per heavy atom. The Morgan fingerprint density at radius 3 is 2.82 bits per heavy atom. The summed E-state index contributed by atoms with van der Waals surface area (Å²) in [6, 6.07) is 0. The largest absolute Gasteiger partial charge is 0.480 e. The van der Waals surface area contributed by atoms with E-state index in [-0.39, 0.29) is 29.6 Å². The van der Waals surface area contributed by atoms with E-state index in [1.54, 1.807) is 6.92 Å². The fourth-order valence-electron chi connectivity index (χ4n) is 3.67. The van der Waals surface area contributed by atoms with E-state index in [2.05, 4.69) is 0 Å². The monoisotopic (exact) mass is 235 g/mol. The molecule has 17 heavy (non-hydrogen) atoms. The van der Waals surface area contributed by atoms with Gasteiger partial charge in [0.15, 0.2) is 0 Å². The third-order valence-electron chi connectivity index (χ3n) is 4.49. The molecular weight excluding hydrogens is 222 g/mol. The van der Waals surface area contributed by atoms with Crippen LogP contribution in [0.15, 0.2) is 12.2 Å². The van der Waals surface area contributed by atoms with Crippen LogP contribution in [0.1, 0.15) is 13.3 Å². The number of carboxylic acid groups (broad SMARTS) is 1. The first-order valence-electron chi connectivity index (χ1n) is 5.72. The van der Waals surface area contributed by atoms with Gasteiger partial charge in [0.05, 0.1) is 11.3 Å². The van der Waals surface area contributed by atoms with Crippen LogP contribution in [0, 0.1) is 23.2 Å². The molecule has 3 aliphatic rings. The number of carbonyl (C=O) groups excluding carboxylic acids is 2. The summed E-state index contributed by atoms with van der Waals surface area (Å²) in [5.41, 5.74) is -0.702. The minimum absolute atomic E-state index is 0.0905. The normalized spacial score (nSPS) is 42.4. The van der Waals surface area contributed by atoms with E-state index in [0.717, 1.165) is 11.3 Å². The SMILES string of the molecule is C[C@@]12C(=O)N(CC(=O)O)C(=O)[C@@H]1[C@@H]1C=C[C@@H]2C1. The summed E-state index contributed by atoms with van der Waals surface area (Å²) in [6.45, 7) is 1.29. The molecule has 1 heterocycles. The van der Waals surface area contributed by atoms with E-state index in [1.807, 2.05) is 12.2 Å². The van der Waals surface area contributed by atoms with E-state index in [4.69, 9.17) is 5.11 Å². The summed E-state index contributed by atoms with van der Waals surface area (Å²) < 4.78 is 0. The summed E-state index contributed by atoms with van der Waals surface area (Å²) in [5, 5.41) is 8.74. The second kappa shape index (κ2) is 2.97. The van der Waals surface area contributed by atoms with Gasteiger partial charge in [-0.3, -0.25) is 19.3 Å². The fourth-order valence-corrected chi connectivity index (χ4v) is 3.67. The first kappa shape index (κ1) is 10.5. The molecule has 5 nitrogen and oxygen atoms in total. The van der Waals surface area contributed by atoms with Crippen molar-refractivity contribution in [2.24, 2.45) is 23.2 Å². The van der Waals surface area contributed by atoms with Crippen molar-refractivity contribution < 1.29 is 19.5 Å². The van der Waals surface area contributed by atoms with Crippen molar-refractivity contribution in [2.75, 3.05) is 6.54 Å². The van der Waals surface area contributed by atoms with Crippen molar-refractivity contribution in [3.8, 4) is 0 Å². The number of fused-ring (bicyclic) bond motifs is 5. The highest BCUT2D eigenvalue weighted by Gasteiger charge is 2.67. The average molecular weight is 235 g/mol. The van der Waals surface area contributed by atoms with E-state index in [0.29, 0.717) is 0 Å². The topological polar surface area (TPSA) is 74.7 Å². The molecule has 1 saturated carbocycles. The maximum Gasteiger partial charge on any atom is 0.323 e. The molecule has 4 atom stereocenters. The third kappa shape index (κ3) is 1.06. The minimum Gasteiger partial charge on any atom is -0.480 e. The lowest BCUT2D eigenvalue weighted by molar-refractivity contribution is -0.150. The Hall–Kier alpha value is -1.65. The third-order valence-corrected chi connectivity index (χ3v) is 4.49. The molecule has 1 aliphatic heterocycles. The highest BCUT2D eigenvalue weighted by molar-refractivity contribution is 6.10. The average Bonchev–Trinajstić information content (AvgIpc) is 2.87. The maximum atomic E-state index is 12.3. The van der Waals surface area contributed by atoms with Gasteiger partial charge in [-0.15, -0.1) is 0 Å². The zero-order valence-electron chi connectivity index (χ0n) is 9.42. The molecule has 0 aromatic rings. The molecule has 0 radical (unpaired) electrons. The summed E-state index contributed by atoms with van der Waals surface area (Å²) in [6.07, 6.45) is 4.84. The van der Waals surface area contributed by atoms with Crippen LogP contribution in [0.3, 0.4) is 0 Å². The lowest BCUT2D eigenvalue weighted by Crippen LogP contribution is -2.39. The van der Waals surface area contributed by atoms with Crippen LogP contribution in [0.25, 0.3) is 0 Å². The molecule has 90 valence electrons. The van der Waals surface area contributed by atoms with Gasteiger partial charge in [0.2, 0.25) is 11.8 Å². The number of imide groups is 1. The summed E-state index contributed by atoms with van der Waals surface area (Å²) in [5.74, 6) is -1.91. The molecule has 0 aromatic carbocycles. The molecular formula is C12H13NO4. The number of allylic oxidation sites excluding steroid dienone is 2. The number of amides is 2. The first-order valence-corrected chi connectivity index (χ1v) is 5.72. The Labute approximate surface area is 98.1 Å². The van der Waals surface area contributed by atoms with Gasteiger partial charge in [0.1, 0.15) is 6.54 Å². The van der Waals surface area contributed by atoms with Crippen molar-refractivity contribution >= 4 is 17.8 Å². The number of carbonyl (C=O) groups is 3. The molecule has 0 unspecified atom stereocenters. The van der Waals surface area contributed by atoms with Crippen molar-refractivity contribution in [1.82, 2.24) is 4.90 Å². The van der Waals surface area contributed by atoms with Gasteiger partial charge >= 0.3 is 5.97 Å². The van der Waals surface area contributed by atoms with Gasteiger partial charge in [-0.25, -0.2) is 0 Å². The van der Waals surface area contributed by atoms with Crippen molar-refractivity contribution in [2.45, 2.75) is 13.3 Å². The smallest absolute Gasteiger partial charge is 0.323 e. The Kier molecular flexibility index (Phi) is 1.83. The quantitative estimate of drug-likeness (QED) is 0.550. The van der Waals surface area contributed by atoms with Crippen LogP contribution in [0.5, 0.6) is 0 Å².